The highest BCUT2D eigenvalue weighted by Crippen LogP contribution is 2.42. The Morgan fingerprint density at radius 1 is 1.29 bits per heavy atom. The average Bonchev–Trinajstić information content (AvgIpc) is 2.97. The Morgan fingerprint density at radius 2 is 2.03 bits per heavy atom. The lowest BCUT2D eigenvalue weighted by atomic mass is 10.1. The minimum Gasteiger partial charge on any atom is -0.486 e. The fourth-order valence-corrected chi connectivity index (χ4v) is 3.22. The summed E-state index contributed by atoms with van der Waals surface area (Å²) in [7, 11) is 0. The van der Waals surface area contributed by atoms with E-state index >= 15 is 0 Å². The Hall–Kier alpha value is -3.16. The number of anilines is 1. The van der Waals surface area contributed by atoms with Crippen LogP contribution in [0.2, 0.25) is 0 Å². The molecule has 0 spiro atoms. The summed E-state index contributed by atoms with van der Waals surface area (Å²) in [5.41, 5.74) is -1.63. The third kappa shape index (κ3) is 3.60. The molecule has 0 saturated carbocycles. The van der Waals surface area contributed by atoms with Crippen LogP contribution in [-0.2, 0) is 4.74 Å². The predicted molar refractivity (Wildman–Crippen MR) is 95.8 cm³/mol. The van der Waals surface area contributed by atoms with Gasteiger partial charge in [0.2, 0.25) is 6.23 Å². The zero-order valence-electron chi connectivity index (χ0n) is 15.6. The lowest BCUT2D eigenvalue weighted by molar-refractivity contribution is -0.140. The third-order valence-corrected chi connectivity index (χ3v) is 4.78. The Balaban J connectivity index is 1.56. The molecule has 10 nitrogen and oxygen atoms in total. The normalized spacial score (nSPS) is 24.1. The Kier molecular flexibility index (Phi) is 5.33. The zero-order chi connectivity index (χ0) is 22.3. The number of nitrogens with one attached hydrogen (secondary N) is 1. The summed E-state index contributed by atoms with van der Waals surface area (Å²) in [4.78, 5) is 28.1. The molecular weight excluding hydrogens is 427 g/mol. The van der Waals surface area contributed by atoms with Gasteiger partial charge >= 0.3 is 11.6 Å². The number of aliphatic hydroxyl groups excluding tert-OH is 2. The number of rotatable bonds is 4. The lowest BCUT2D eigenvalue weighted by Crippen LogP contribution is -2.41. The number of halogens is 3. The molecule has 1 amide bonds. The highest BCUT2D eigenvalue weighted by Gasteiger charge is 2.59. The van der Waals surface area contributed by atoms with Crippen molar-refractivity contribution >= 4 is 11.7 Å². The van der Waals surface area contributed by atoms with Gasteiger partial charge in [0.05, 0.1) is 12.2 Å². The van der Waals surface area contributed by atoms with E-state index in [0.717, 1.165) is 18.3 Å². The average molecular weight is 443 g/mol. The third-order valence-electron chi connectivity index (χ3n) is 4.78. The van der Waals surface area contributed by atoms with Crippen LogP contribution in [0.1, 0.15) is 16.6 Å². The molecular formula is C18H16F3N3O7. The van der Waals surface area contributed by atoms with E-state index in [-0.39, 0.29) is 30.5 Å². The van der Waals surface area contributed by atoms with Crippen molar-refractivity contribution in [1.29, 1.82) is 0 Å². The Morgan fingerprint density at radius 3 is 2.71 bits per heavy atom. The summed E-state index contributed by atoms with van der Waals surface area (Å²) >= 11 is 0. The molecule has 166 valence electrons. The SMILES string of the molecule is O=C(Nc1ccn(C2O[C@H](CO)[C@@H](O)C2(F)F)c(=O)n1)c1ccc2c(c1F)OCCO2. The second-order valence-electron chi connectivity index (χ2n) is 6.74. The molecule has 13 heteroatoms. The zero-order valence-corrected chi connectivity index (χ0v) is 15.6. The first-order chi connectivity index (χ1) is 14.7. The predicted octanol–water partition coefficient (Wildman–Crippen LogP) is 0.292. The molecule has 0 aliphatic carbocycles. The van der Waals surface area contributed by atoms with Crippen LogP contribution in [0.3, 0.4) is 0 Å². The maximum Gasteiger partial charge on any atom is 0.351 e. The first-order valence-corrected chi connectivity index (χ1v) is 9.05. The second kappa shape index (κ2) is 7.83. The minimum absolute atomic E-state index is 0.106. The summed E-state index contributed by atoms with van der Waals surface area (Å²) in [6.45, 7) is -0.544. The van der Waals surface area contributed by atoms with Crippen molar-refractivity contribution < 1.29 is 42.4 Å². The van der Waals surface area contributed by atoms with Crippen LogP contribution in [0.25, 0.3) is 0 Å². The molecule has 4 rings (SSSR count). The fraction of sp³-hybridized carbons (Fsp3) is 0.389. The molecule has 3 atom stereocenters. The largest absolute Gasteiger partial charge is 0.486 e. The number of ether oxygens (including phenoxy) is 3. The van der Waals surface area contributed by atoms with Crippen molar-refractivity contribution in [3.63, 3.8) is 0 Å². The van der Waals surface area contributed by atoms with E-state index in [2.05, 4.69) is 10.3 Å². The number of aromatic nitrogens is 2. The molecule has 2 aliphatic rings. The first kappa shape index (κ1) is 21.1. The minimum atomic E-state index is -3.88. The van der Waals surface area contributed by atoms with Crippen molar-refractivity contribution in [2.24, 2.45) is 0 Å². The monoisotopic (exact) mass is 443 g/mol. The van der Waals surface area contributed by atoms with E-state index in [1.807, 2.05) is 0 Å². The van der Waals surface area contributed by atoms with E-state index in [4.69, 9.17) is 19.3 Å². The highest BCUT2D eigenvalue weighted by atomic mass is 19.3. The van der Waals surface area contributed by atoms with Gasteiger partial charge in [-0.15, -0.1) is 0 Å². The Bertz CT molecular complexity index is 1080. The number of alkyl halides is 2. The van der Waals surface area contributed by atoms with E-state index in [0.29, 0.717) is 4.57 Å². The van der Waals surface area contributed by atoms with Gasteiger partial charge < -0.3 is 29.7 Å². The molecule has 3 N–H and O–H groups in total. The molecule has 1 aromatic carbocycles. The summed E-state index contributed by atoms with van der Waals surface area (Å²) in [5, 5.41) is 20.8. The van der Waals surface area contributed by atoms with Crippen LogP contribution in [0.4, 0.5) is 19.0 Å². The number of hydrogen-bond acceptors (Lipinski definition) is 8. The van der Waals surface area contributed by atoms with E-state index in [1.165, 1.54) is 6.07 Å². The molecule has 1 aromatic heterocycles. The maximum absolute atomic E-state index is 14.6. The van der Waals surface area contributed by atoms with Gasteiger partial charge in [0.15, 0.2) is 23.4 Å². The van der Waals surface area contributed by atoms with Gasteiger partial charge in [0, 0.05) is 6.20 Å². The quantitative estimate of drug-likeness (QED) is 0.615. The second-order valence-corrected chi connectivity index (χ2v) is 6.74. The maximum atomic E-state index is 14.6. The molecule has 3 heterocycles. The van der Waals surface area contributed by atoms with Gasteiger partial charge in [-0.05, 0) is 18.2 Å². The number of hydrogen-bond donors (Lipinski definition) is 3. The summed E-state index contributed by atoms with van der Waals surface area (Å²) in [5.74, 6) is -6.22. The number of amides is 1. The number of benzene rings is 1. The standard InChI is InChI=1S/C18H16F3N3O7/c19-12-8(1-2-9-13(12)30-6-5-29-9)15(27)22-11-3-4-24(17(28)23-11)16-18(20,21)14(26)10(7-25)31-16/h1-4,10,14,16,25-26H,5-7H2,(H,22,23,27,28)/t10-,14-,16?/m1/s1. The molecule has 1 unspecified atom stereocenters. The van der Waals surface area contributed by atoms with Crippen molar-refractivity contribution in [1.82, 2.24) is 9.55 Å². The molecule has 0 radical (unpaired) electrons. The van der Waals surface area contributed by atoms with E-state index in [9.17, 15) is 27.9 Å². The molecule has 2 aromatic rings. The van der Waals surface area contributed by atoms with Gasteiger partial charge in [-0.25, -0.2) is 9.18 Å². The molecule has 0 bridgehead atoms. The van der Waals surface area contributed by atoms with Crippen molar-refractivity contribution in [2.45, 2.75) is 24.4 Å². The van der Waals surface area contributed by atoms with Crippen LogP contribution in [0.5, 0.6) is 11.5 Å². The summed E-state index contributed by atoms with van der Waals surface area (Å²) in [6.07, 6.45) is -5.26. The molecule has 1 fully saturated rings. The van der Waals surface area contributed by atoms with Gasteiger partial charge in [-0.1, -0.05) is 0 Å². The lowest BCUT2D eigenvalue weighted by Gasteiger charge is -2.21. The van der Waals surface area contributed by atoms with Crippen LogP contribution in [0, 0.1) is 5.82 Å². The fourth-order valence-electron chi connectivity index (χ4n) is 3.22. The number of aliphatic hydroxyl groups is 2. The van der Waals surface area contributed by atoms with Gasteiger partial charge in [-0.2, -0.15) is 13.8 Å². The number of nitrogens with zero attached hydrogens (tertiary/aromatic N) is 2. The van der Waals surface area contributed by atoms with Gasteiger partial charge in [-0.3, -0.25) is 9.36 Å². The first-order valence-electron chi connectivity index (χ1n) is 9.05. The van der Waals surface area contributed by atoms with Gasteiger partial charge in [0.1, 0.15) is 25.1 Å². The summed E-state index contributed by atoms with van der Waals surface area (Å²) < 4.78 is 58.6. The van der Waals surface area contributed by atoms with Crippen LogP contribution in [-0.4, -0.2) is 63.6 Å². The van der Waals surface area contributed by atoms with Crippen LogP contribution < -0.4 is 20.5 Å². The molecule has 1 saturated heterocycles. The van der Waals surface area contributed by atoms with E-state index in [1.54, 1.807) is 0 Å². The topological polar surface area (TPSA) is 132 Å². The van der Waals surface area contributed by atoms with Crippen LogP contribution in [0.15, 0.2) is 29.2 Å². The number of carbonyl (C=O) groups is 1. The van der Waals surface area contributed by atoms with Crippen LogP contribution >= 0.6 is 0 Å². The van der Waals surface area contributed by atoms with E-state index < -0.39 is 53.9 Å². The summed E-state index contributed by atoms with van der Waals surface area (Å²) in [6, 6.07) is 3.52. The van der Waals surface area contributed by atoms with Crippen molar-refractivity contribution in [3.05, 3.63) is 46.3 Å². The van der Waals surface area contributed by atoms with Crippen molar-refractivity contribution in [2.75, 3.05) is 25.1 Å². The van der Waals surface area contributed by atoms with Gasteiger partial charge in [0.25, 0.3) is 5.91 Å². The smallest absolute Gasteiger partial charge is 0.351 e. The molecule has 2 aliphatic heterocycles. The van der Waals surface area contributed by atoms with Crippen molar-refractivity contribution in [3.8, 4) is 11.5 Å². The number of fused-ring (bicyclic) bond motifs is 1. The Labute approximate surface area is 171 Å². The highest BCUT2D eigenvalue weighted by molar-refractivity contribution is 6.04. The number of carbonyl (C=O) groups excluding carboxylic acids is 1. The molecule has 31 heavy (non-hydrogen) atoms.